The maximum Gasteiger partial charge on any atom is 0.254 e. The largest absolute Gasteiger partial charge is 0.326 e. The van der Waals surface area contributed by atoms with E-state index in [2.05, 4.69) is 11.4 Å². The van der Waals surface area contributed by atoms with Crippen LogP contribution in [-0.4, -0.2) is 17.4 Å². The summed E-state index contributed by atoms with van der Waals surface area (Å²) < 4.78 is 0. The molecule has 26 heavy (non-hydrogen) atoms. The summed E-state index contributed by atoms with van der Waals surface area (Å²) in [6.07, 6.45) is 0.859. The monoisotopic (exact) mass is 401 g/mol. The van der Waals surface area contributed by atoms with Gasteiger partial charge in [0.1, 0.15) is 0 Å². The van der Waals surface area contributed by atoms with E-state index in [4.69, 9.17) is 23.2 Å². The predicted molar refractivity (Wildman–Crippen MR) is 109 cm³/mol. The van der Waals surface area contributed by atoms with Crippen LogP contribution in [0.2, 0.25) is 10.0 Å². The first-order valence-electron chi connectivity index (χ1n) is 8.43. The highest BCUT2D eigenvalue weighted by Gasteiger charge is 2.34. The van der Waals surface area contributed by atoms with E-state index in [1.807, 2.05) is 48.2 Å². The molecule has 5 heteroatoms. The molecule has 2 heterocycles. The van der Waals surface area contributed by atoms with Gasteiger partial charge in [-0.25, -0.2) is 0 Å². The average Bonchev–Trinajstić information content (AvgIpc) is 3.10. The molecule has 4 rings (SSSR count). The Hall–Kier alpha value is -1.81. The van der Waals surface area contributed by atoms with Crippen LogP contribution in [0.15, 0.2) is 53.9 Å². The summed E-state index contributed by atoms with van der Waals surface area (Å²) in [5.74, 6) is 0.0278. The summed E-state index contributed by atoms with van der Waals surface area (Å²) in [4.78, 5) is 16.4. The van der Waals surface area contributed by atoms with Gasteiger partial charge in [0.25, 0.3) is 5.91 Å². The third-order valence-corrected chi connectivity index (χ3v) is 6.35. The minimum Gasteiger partial charge on any atom is -0.326 e. The molecule has 1 aliphatic rings. The summed E-state index contributed by atoms with van der Waals surface area (Å²) in [7, 11) is 0. The number of rotatable bonds is 2. The Bertz CT molecular complexity index is 964. The second kappa shape index (κ2) is 7.07. The van der Waals surface area contributed by atoms with Crippen molar-refractivity contribution in [3.8, 4) is 0 Å². The maximum absolute atomic E-state index is 13.3. The van der Waals surface area contributed by atoms with Crippen LogP contribution >= 0.6 is 34.5 Å². The number of thiophene rings is 1. The molecule has 0 fully saturated rings. The minimum absolute atomic E-state index is 0.0278. The lowest BCUT2D eigenvalue weighted by Crippen LogP contribution is -2.40. The number of fused-ring (bicyclic) bond motifs is 1. The van der Waals surface area contributed by atoms with Crippen LogP contribution in [0.5, 0.6) is 0 Å². The van der Waals surface area contributed by atoms with E-state index in [0.29, 0.717) is 22.2 Å². The highest BCUT2D eigenvalue weighted by atomic mass is 35.5. The molecule has 1 unspecified atom stereocenters. The number of halogens is 2. The van der Waals surface area contributed by atoms with Gasteiger partial charge in [-0.15, -0.1) is 11.3 Å². The van der Waals surface area contributed by atoms with Crippen LogP contribution < -0.4 is 0 Å². The van der Waals surface area contributed by atoms with Crippen molar-refractivity contribution >= 4 is 40.4 Å². The van der Waals surface area contributed by atoms with Gasteiger partial charge in [0.2, 0.25) is 0 Å². The fraction of sp³-hybridized carbons (Fsp3) is 0.190. The number of hydrogen-bond donors (Lipinski definition) is 0. The number of carbonyl (C=O) groups is 1. The zero-order chi connectivity index (χ0) is 18.3. The van der Waals surface area contributed by atoms with Gasteiger partial charge in [0.15, 0.2) is 0 Å². The van der Waals surface area contributed by atoms with E-state index in [1.54, 1.807) is 17.4 Å². The Morgan fingerprint density at radius 2 is 1.88 bits per heavy atom. The molecule has 2 aromatic carbocycles. The predicted octanol–water partition coefficient (Wildman–Crippen LogP) is 6.15. The van der Waals surface area contributed by atoms with E-state index in [-0.39, 0.29) is 11.9 Å². The molecule has 3 aromatic rings. The number of hydrogen-bond acceptors (Lipinski definition) is 2. The fourth-order valence-corrected chi connectivity index (χ4v) is 5.01. The van der Waals surface area contributed by atoms with E-state index < -0.39 is 0 Å². The number of aryl methyl sites for hydroxylation is 1. The lowest BCUT2D eigenvalue weighted by molar-refractivity contribution is 0.0698. The van der Waals surface area contributed by atoms with Crippen molar-refractivity contribution < 1.29 is 4.79 Å². The lowest BCUT2D eigenvalue weighted by atomic mass is 9.94. The highest BCUT2D eigenvalue weighted by molar-refractivity contribution is 7.10. The molecule has 0 spiro atoms. The summed E-state index contributed by atoms with van der Waals surface area (Å²) in [5.41, 5.74) is 4.04. The van der Waals surface area contributed by atoms with Crippen molar-refractivity contribution in [3.05, 3.63) is 91.1 Å². The van der Waals surface area contributed by atoms with Crippen LogP contribution in [0.4, 0.5) is 0 Å². The zero-order valence-electron chi connectivity index (χ0n) is 14.2. The van der Waals surface area contributed by atoms with Crippen molar-refractivity contribution in [2.24, 2.45) is 0 Å². The molecule has 132 valence electrons. The van der Waals surface area contributed by atoms with Crippen molar-refractivity contribution in [1.29, 1.82) is 0 Å². The molecule has 0 aliphatic carbocycles. The Morgan fingerprint density at radius 1 is 1.12 bits per heavy atom. The number of benzene rings is 2. The van der Waals surface area contributed by atoms with E-state index in [9.17, 15) is 4.79 Å². The molecule has 2 nitrogen and oxygen atoms in total. The molecule has 1 aliphatic heterocycles. The van der Waals surface area contributed by atoms with E-state index in [0.717, 1.165) is 17.5 Å². The van der Waals surface area contributed by atoms with Crippen LogP contribution in [0.1, 0.15) is 38.0 Å². The lowest BCUT2D eigenvalue weighted by Gasteiger charge is -2.36. The Balaban J connectivity index is 1.80. The van der Waals surface area contributed by atoms with Crippen LogP contribution in [0.3, 0.4) is 0 Å². The topological polar surface area (TPSA) is 20.3 Å². The molecular weight excluding hydrogens is 385 g/mol. The first kappa shape index (κ1) is 17.6. The summed E-state index contributed by atoms with van der Waals surface area (Å²) in [6.45, 7) is 2.68. The van der Waals surface area contributed by atoms with Gasteiger partial charge in [-0.2, -0.15) is 0 Å². The minimum atomic E-state index is -0.183. The first-order chi connectivity index (χ1) is 12.5. The summed E-state index contributed by atoms with van der Waals surface area (Å²) in [5, 5.41) is 3.27. The smallest absolute Gasteiger partial charge is 0.254 e. The van der Waals surface area contributed by atoms with Crippen LogP contribution in [-0.2, 0) is 6.42 Å². The Morgan fingerprint density at radius 3 is 2.62 bits per heavy atom. The van der Waals surface area contributed by atoms with Gasteiger partial charge < -0.3 is 4.90 Å². The highest BCUT2D eigenvalue weighted by Crippen LogP contribution is 2.42. The SMILES string of the molecule is Cc1ccc(C(=O)N2CCc3ccsc3C2c2ccc(Cl)cc2Cl)cc1. The number of amides is 1. The Kier molecular flexibility index (Phi) is 4.78. The second-order valence-electron chi connectivity index (χ2n) is 6.49. The number of carbonyl (C=O) groups excluding carboxylic acids is 1. The second-order valence-corrected chi connectivity index (χ2v) is 8.28. The van der Waals surface area contributed by atoms with Gasteiger partial charge in [0.05, 0.1) is 6.04 Å². The quantitative estimate of drug-likeness (QED) is 0.503. The van der Waals surface area contributed by atoms with Crippen LogP contribution in [0, 0.1) is 6.92 Å². The molecule has 1 aromatic heterocycles. The van der Waals surface area contributed by atoms with Gasteiger partial charge in [-0.1, -0.05) is 47.0 Å². The first-order valence-corrected chi connectivity index (χ1v) is 10.1. The van der Waals surface area contributed by atoms with Crippen molar-refractivity contribution in [1.82, 2.24) is 4.90 Å². The molecule has 0 saturated heterocycles. The molecule has 0 bridgehead atoms. The molecule has 0 N–H and O–H groups in total. The van der Waals surface area contributed by atoms with Crippen molar-refractivity contribution in [2.75, 3.05) is 6.54 Å². The number of nitrogens with zero attached hydrogens (tertiary/aromatic N) is 1. The van der Waals surface area contributed by atoms with Gasteiger partial charge in [-0.05, 0) is 60.2 Å². The Labute approximate surface area is 167 Å². The van der Waals surface area contributed by atoms with Gasteiger partial charge in [-0.3, -0.25) is 4.79 Å². The average molecular weight is 402 g/mol. The third kappa shape index (κ3) is 3.16. The molecule has 1 amide bonds. The van der Waals surface area contributed by atoms with Crippen LogP contribution in [0.25, 0.3) is 0 Å². The fourth-order valence-electron chi connectivity index (χ4n) is 3.42. The van der Waals surface area contributed by atoms with Crippen molar-refractivity contribution in [3.63, 3.8) is 0 Å². The third-order valence-electron chi connectivity index (χ3n) is 4.78. The van der Waals surface area contributed by atoms with Gasteiger partial charge in [0, 0.05) is 27.0 Å². The normalized spacial score (nSPS) is 16.4. The molecule has 1 atom stereocenters. The van der Waals surface area contributed by atoms with E-state index >= 15 is 0 Å². The summed E-state index contributed by atoms with van der Waals surface area (Å²) in [6, 6.07) is 15.2. The van der Waals surface area contributed by atoms with Gasteiger partial charge >= 0.3 is 0 Å². The maximum atomic E-state index is 13.3. The zero-order valence-corrected chi connectivity index (χ0v) is 16.5. The molecule has 0 radical (unpaired) electrons. The van der Waals surface area contributed by atoms with Crippen molar-refractivity contribution in [2.45, 2.75) is 19.4 Å². The standard InChI is InChI=1S/C21H17Cl2NOS/c1-13-2-4-15(5-3-13)21(25)24-10-8-14-9-11-26-20(14)19(24)17-7-6-16(22)12-18(17)23/h2-7,9,11-12,19H,8,10H2,1H3. The summed E-state index contributed by atoms with van der Waals surface area (Å²) >= 11 is 14.3. The molecular formula is C21H17Cl2NOS. The molecule has 0 saturated carbocycles. The van der Waals surface area contributed by atoms with E-state index in [1.165, 1.54) is 10.4 Å².